The lowest BCUT2D eigenvalue weighted by Crippen LogP contribution is -2.34. The first-order valence-electron chi connectivity index (χ1n) is 9.32. The van der Waals surface area contributed by atoms with Crippen LogP contribution in [0, 0.1) is 0 Å². The lowest BCUT2D eigenvalue weighted by molar-refractivity contribution is -0.122. The smallest absolute Gasteiger partial charge is 0.221 e. The van der Waals surface area contributed by atoms with Gasteiger partial charge in [0.1, 0.15) is 0 Å². The number of nitrogens with one attached hydrogen (secondary N) is 1. The highest BCUT2D eigenvalue weighted by molar-refractivity contribution is 5.98. The van der Waals surface area contributed by atoms with Crippen LogP contribution in [0.5, 0.6) is 0 Å². The molecule has 4 heteroatoms. The molecule has 0 heterocycles. The zero-order chi connectivity index (χ0) is 18.1. The summed E-state index contributed by atoms with van der Waals surface area (Å²) >= 11 is 0. The van der Waals surface area contributed by atoms with Gasteiger partial charge in [0.05, 0.1) is 12.1 Å². The van der Waals surface area contributed by atoms with Crippen molar-refractivity contribution in [2.75, 3.05) is 0 Å². The van der Waals surface area contributed by atoms with Crippen molar-refractivity contribution in [2.45, 2.75) is 50.7 Å². The number of Topliss-reactive ketones (excluding diaryl/α,β-unsaturated/α-hetero) is 1. The fourth-order valence-corrected chi connectivity index (χ4v) is 4.11. The van der Waals surface area contributed by atoms with Gasteiger partial charge in [-0.3, -0.25) is 9.59 Å². The molecule has 0 saturated heterocycles. The number of aliphatic hydroxyl groups excluding tert-OH is 1. The van der Waals surface area contributed by atoms with Crippen LogP contribution in [0.3, 0.4) is 0 Å². The Hall–Kier alpha value is -2.46. The molecule has 4 nitrogen and oxygen atoms in total. The van der Waals surface area contributed by atoms with Gasteiger partial charge in [-0.15, -0.1) is 0 Å². The Kier molecular flexibility index (Phi) is 4.60. The van der Waals surface area contributed by atoms with Crippen molar-refractivity contribution < 1.29 is 14.7 Å². The predicted octanol–water partition coefficient (Wildman–Crippen LogP) is 2.91. The quantitative estimate of drug-likeness (QED) is 0.816. The molecule has 0 unspecified atom stereocenters. The predicted molar refractivity (Wildman–Crippen MR) is 99.1 cm³/mol. The molecule has 0 fully saturated rings. The average molecular weight is 349 g/mol. The van der Waals surface area contributed by atoms with Crippen LogP contribution in [0.1, 0.15) is 57.9 Å². The van der Waals surface area contributed by atoms with E-state index in [4.69, 9.17) is 0 Å². The summed E-state index contributed by atoms with van der Waals surface area (Å²) in [5.74, 6) is -0.192. The minimum atomic E-state index is -0.608. The van der Waals surface area contributed by atoms with Gasteiger partial charge in [0, 0.05) is 24.8 Å². The number of fused-ring (bicyclic) bond motifs is 2. The normalized spacial score (nSPS) is 20.5. The van der Waals surface area contributed by atoms with Crippen molar-refractivity contribution in [3.63, 3.8) is 0 Å². The molecular formula is C22H23NO3. The largest absolute Gasteiger partial charge is 0.390 e. The molecule has 26 heavy (non-hydrogen) atoms. The highest BCUT2D eigenvalue weighted by Gasteiger charge is 2.31. The summed E-state index contributed by atoms with van der Waals surface area (Å²) in [5, 5.41) is 13.1. The maximum Gasteiger partial charge on any atom is 0.221 e. The molecule has 2 aliphatic rings. The molecule has 0 aromatic heterocycles. The summed E-state index contributed by atoms with van der Waals surface area (Å²) in [5.41, 5.74) is 5.35. The van der Waals surface area contributed by atoms with E-state index in [1.54, 1.807) is 0 Å². The van der Waals surface area contributed by atoms with Crippen LogP contribution in [0.2, 0.25) is 0 Å². The summed E-state index contributed by atoms with van der Waals surface area (Å²) < 4.78 is 0. The van der Waals surface area contributed by atoms with Crippen LogP contribution < -0.4 is 5.32 Å². The van der Waals surface area contributed by atoms with Crippen LogP contribution in [-0.2, 0) is 24.1 Å². The van der Waals surface area contributed by atoms with E-state index < -0.39 is 6.10 Å². The Morgan fingerprint density at radius 2 is 1.81 bits per heavy atom. The Bertz CT molecular complexity index is 858. The molecule has 0 radical (unpaired) electrons. The second-order valence-corrected chi connectivity index (χ2v) is 7.28. The fourth-order valence-electron chi connectivity index (χ4n) is 4.11. The zero-order valence-corrected chi connectivity index (χ0v) is 14.7. The molecule has 2 aliphatic carbocycles. The van der Waals surface area contributed by atoms with Crippen molar-refractivity contribution in [3.8, 4) is 0 Å². The van der Waals surface area contributed by atoms with E-state index in [-0.39, 0.29) is 30.6 Å². The summed E-state index contributed by atoms with van der Waals surface area (Å²) in [6.45, 7) is 0. The first-order chi connectivity index (χ1) is 12.6. The van der Waals surface area contributed by atoms with Crippen molar-refractivity contribution >= 4 is 11.7 Å². The number of ketones is 1. The molecular weight excluding hydrogens is 326 g/mol. The molecule has 0 spiro atoms. The standard InChI is InChI=1S/C22H23NO3/c24-19(17-9-8-14-5-3-6-15(14)12-17)10-11-21(26)23-22-18-7-2-1-4-16(18)13-20(22)25/h1-2,4,7-9,12,20,22,25H,3,5-6,10-11,13H2,(H,23,26)/t20-,22+/m0/s1. The minimum Gasteiger partial charge on any atom is -0.390 e. The van der Waals surface area contributed by atoms with E-state index in [2.05, 4.69) is 5.32 Å². The molecule has 4 rings (SSSR count). The van der Waals surface area contributed by atoms with Gasteiger partial charge in [0.15, 0.2) is 5.78 Å². The third-order valence-electron chi connectivity index (χ3n) is 5.52. The number of hydrogen-bond acceptors (Lipinski definition) is 3. The van der Waals surface area contributed by atoms with E-state index in [1.165, 1.54) is 11.1 Å². The van der Waals surface area contributed by atoms with Gasteiger partial charge in [-0.25, -0.2) is 0 Å². The van der Waals surface area contributed by atoms with Gasteiger partial charge in [-0.1, -0.05) is 36.4 Å². The first-order valence-corrected chi connectivity index (χ1v) is 9.32. The highest BCUT2D eigenvalue weighted by atomic mass is 16.3. The monoisotopic (exact) mass is 349 g/mol. The van der Waals surface area contributed by atoms with E-state index in [0.29, 0.717) is 12.0 Å². The molecule has 2 aromatic carbocycles. The summed E-state index contributed by atoms with van der Waals surface area (Å²) in [6, 6.07) is 13.3. The van der Waals surface area contributed by atoms with Crippen molar-refractivity contribution in [3.05, 3.63) is 70.3 Å². The molecule has 2 aromatic rings. The van der Waals surface area contributed by atoms with Crippen LogP contribution in [0.15, 0.2) is 42.5 Å². The Morgan fingerprint density at radius 3 is 2.69 bits per heavy atom. The van der Waals surface area contributed by atoms with Gasteiger partial charge in [-0.2, -0.15) is 0 Å². The fraction of sp³-hybridized carbons (Fsp3) is 0.364. The number of aryl methyl sites for hydroxylation is 2. The maximum absolute atomic E-state index is 12.4. The average Bonchev–Trinajstić information content (AvgIpc) is 3.23. The molecule has 0 bridgehead atoms. The lowest BCUT2D eigenvalue weighted by Gasteiger charge is -2.17. The Labute approximate surface area is 153 Å². The SMILES string of the molecule is O=C(CCC(=O)c1ccc2c(c1)CCC2)N[C@@H]1c2ccccc2C[C@@H]1O. The number of aliphatic hydroxyl groups is 1. The summed E-state index contributed by atoms with van der Waals surface area (Å²) in [6.07, 6.45) is 3.56. The molecule has 1 amide bonds. The number of benzene rings is 2. The molecule has 0 saturated carbocycles. The van der Waals surface area contributed by atoms with E-state index in [9.17, 15) is 14.7 Å². The first kappa shape index (κ1) is 17.0. The third kappa shape index (κ3) is 3.29. The minimum absolute atomic E-state index is 0.00206. The number of rotatable bonds is 5. The lowest BCUT2D eigenvalue weighted by atomic mass is 10.0. The van der Waals surface area contributed by atoms with Gasteiger partial charge in [0.25, 0.3) is 0 Å². The van der Waals surface area contributed by atoms with Gasteiger partial charge >= 0.3 is 0 Å². The number of carbonyl (C=O) groups excluding carboxylic acids is 2. The van der Waals surface area contributed by atoms with Crippen molar-refractivity contribution in [1.82, 2.24) is 5.32 Å². The molecule has 134 valence electrons. The van der Waals surface area contributed by atoms with Gasteiger partial charge in [0.2, 0.25) is 5.91 Å². The number of carbonyl (C=O) groups is 2. The van der Waals surface area contributed by atoms with E-state index >= 15 is 0 Å². The van der Waals surface area contributed by atoms with E-state index in [1.807, 2.05) is 42.5 Å². The molecule has 2 N–H and O–H groups in total. The Morgan fingerprint density at radius 1 is 1.00 bits per heavy atom. The highest BCUT2D eigenvalue weighted by Crippen LogP contribution is 2.31. The number of hydrogen-bond donors (Lipinski definition) is 2. The van der Waals surface area contributed by atoms with Crippen LogP contribution >= 0.6 is 0 Å². The van der Waals surface area contributed by atoms with Crippen molar-refractivity contribution in [1.29, 1.82) is 0 Å². The second kappa shape index (κ2) is 7.04. The van der Waals surface area contributed by atoms with Gasteiger partial charge in [-0.05, 0) is 47.6 Å². The third-order valence-corrected chi connectivity index (χ3v) is 5.52. The van der Waals surface area contributed by atoms with Crippen LogP contribution in [0.25, 0.3) is 0 Å². The zero-order valence-electron chi connectivity index (χ0n) is 14.7. The van der Waals surface area contributed by atoms with E-state index in [0.717, 1.165) is 30.4 Å². The van der Waals surface area contributed by atoms with Crippen LogP contribution in [0.4, 0.5) is 0 Å². The Balaban J connectivity index is 1.35. The molecule has 2 atom stereocenters. The second-order valence-electron chi connectivity index (χ2n) is 7.28. The topological polar surface area (TPSA) is 66.4 Å². The van der Waals surface area contributed by atoms with Crippen LogP contribution in [-0.4, -0.2) is 22.9 Å². The van der Waals surface area contributed by atoms with Crippen molar-refractivity contribution in [2.24, 2.45) is 0 Å². The maximum atomic E-state index is 12.4. The van der Waals surface area contributed by atoms with Gasteiger partial charge < -0.3 is 10.4 Å². The number of amides is 1. The summed E-state index contributed by atoms with van der Waals surface area (Å²) in [4.78, 5) is 24.7. The molecule has 0 aliphatic heterocycles. The summed E-state index contributed by atoms with van der Waals surface area (Å²) in [7, 11) is 0.